The molecule has 0 spiro atoms. The molecule has 0 N–H and O–H groups in total. The van der Waals surface area contributed by atoms with Gasteiger partial charge in [0.15, 0.2) is 5.78 Å². The molecule has 0 aliphatic rings. The van der Waals surface area contributed by atoms with Gasteiger partial charge in [-0.05, 0) is 40.5 Å². The Bertz CT molecular complexity index is 374. The zero-order valence-corrected chi connectivity index (χ0v) is 10.6. The van der Waals surface area contributed by atoms with E-state index >= 15 is 0 Å². The van der Waals surface area contributed by atoms with Crippen LogP contribution in [0.3, 0.4) is 0 Å². The highest BCUT2D eigenvalue weighted by Crippen LogP contribution is 2.29. The fourth-order valence-corrected chi connectivity index (χ4v) is 1.86. The third-order valence-corrected chi connectivity index (χ3v) is 2.68. The number of ketones is 1. The molecule has 1 aromatic carbocycles. The topological polar surface area (TPSA) is 35.5 Å². The van der Waals surface area contributed by atoms with E-state index in [9.17, 15) is 4.79 Å². The average molecular weight is 273 g/mol. The molecule has 0 radical (unpaired) electrons. The lowest BCUT2D eigenvalue weighted by Crippen LogP contribution is -2.02. The molecule has 0 saturated heterocycles. The number of rotatable bonds is 4. The van der Waals surface area contributed by atoms with E-state index in [1.54, 1.807) is 20.3 Å². The zero-order valence-electron chi connectivity index (χ0n) is 8.96. The first-order valence-electron chi connectivity index (χ1n) is 4.46. The van der Waals surface area contributed by atoms with E-state index in [1.165, 1.54) is 6.92 Å². The standard InChI is InChI=1S/C11H13BrO3/c1-7(13)9-5-10(12)11(15-3)4-8(9)6-14-2/h4-5H,6H2,1-3H3. The molecule has 0 saturated carbocycles. The monoisotopic (exact) mass is 272 g/mol. The van der Waals surface area contributed by atoms with Crippen molar-refractivity contribution in [3.8, 4) is 5.75 Å². The number of Topliss-reactive ketones (excluding diaryl/α,β-unsaturated/α-hetero) is 1. The van der Waals surface area contributed by atoms with Gasteiger partial charge in [-0.15, -0.1) is 0 Å². The van der Waals surface area contributed by atoms with E-state index < -0.39 is 0 Å². The third kappa shape index (κ3) is 2.79. The lowest BCUT2D eigenvalue weighted by molar-refractivity contribution is 0.101. The summed E-state index contributed by atoms with van der Waals surface area (Å²) in [7, 11) is 3.18. The Kier molecular flexibility index (Phi) is 4.29. The molecular weight excluding hydrogens is 260 g/mol. The van der Waals surface area contributed by atoms with Crippen molar-refractivity contribution < 1.29 is 14.3 Å². The van der Waals surface area contributed by atoms with Gasteiger partial charge in [-0.25, -0.2) is 0 Å². The summed E-state index contributed by atoms with van der Waals surface area (Å²) in [6, 6.07) is 3.57. The van der Waals surface area contributed by atoms with Crippen molar-refractivity contribution in [2.75, 3.05) is 14.2 Å². The van der Waals surface area contributed by atoms with Gasteiger partial charge < -0.3 is 9.47 Å². The van der Waals surface area contributed by atoms with E-state index in [4.69, 9.17) is 9.47 Å². The van der Waals surface area contributed by atoms with E-state index in [2.05, 4.69) is 15.9 Å². The molecule has 0 aliphatic heterocycles. The molecule has 0 amide bonds. The minimum atomic E-state index is 0.0189. The Labute approximate surface area is 97.5 Å². The highest BCUT2D eigenvalue weighted by molar-refractivity contribution is 9.10. The van der Waals surface area contributed by atoms with Crippen LogP contribution in [0.5, 0.6) is 5.75 Å². The minimum Gasteiger partial charge on any atom is -0.496 e. The van der Waals surface area contributed by atoms with Crippen molar-refractivity contribution >= 4 is 21.7 Å². The van der Waals surface area contributed by atoms with Crippen LogP contribution in [0.2, 0.25) is 0 Å². The van der Waals surface area contributed by atoms with Crippen LogP contribution in [0.4, 0.5) is 0 Å². The highest BCUT2D eigenvalue weighted by atomic mass is 79.9. The van der Waals surface area contributed by atoms with Crippen molar-refractivity contribution in [2.24, 2.45) is 0 Å². The molecular formula is C11H13BrO3. The van der Waals surface area contributed by atoms with Gasteiger partial charge in [-0.2, -0.15) is 0 Å². The first-order chi connectivity index (χ1) is 7.10. The predicted molar refractivity (Wildman–Crippen MR) is 61.4 cm³/mol. The molecule has 0 unspecified atom stereocenters. The molecule has 4 heteroatoms. The maximum atomic E-state index is 11.4. The maximum absolute atomic E-state index is 11.4. The van der Waals surface area contributed by atoms with Crippen LogP contribution in [-0.2, 0) is 11.3 Å². The highest BCUT2D eigenvalue weighted by Gasteiger charge is 2.11. The average Bonchev–Trinajstić information content (AvgIpc) is 2.20. The van der Waals surface area contributed by atoms with Crippen molar-refractivity contribution in [3.05, 3.63) is 27.7 Å². The largest absolute Gasteiger partial charge is 0.496 e. The normalized spacial score (nSPS) is 10.1. The van der Waals surface area contributed by atoms with Crippen molar-refractivity contribution in [2.45, 2.75) is 13.5 Å². The quantitative estimate of drug-likeness (QED) is 0.791. The van der Waals surface area contributed by atoms with Gasteiger partial charge in [0, 0.05) is 12.7 Å². The summed E-state index contributed by atoms with van der Waals surface area (Å²) in [6.45, 7) is 1.94. The molecule has 3 nitrogen and oxygen atoms in total. The smallest absolute Gasteiger partial charge is 0.160 e. The Morgan fingerprint density at radius 1 is 1.40 bits per heavy atom. The summed E-state index contributed by atoms with van der Waals surface area (Å²) in [5.41, 5.74) is 1.49. The first kappa shape index (κ1) is 12.2. The van der Waals surface area contributed by atoms with Crippen LogP contribution < -0.4 is 4.74 Å². The van der Waals surface area contributed by atoms with Gasteiger partial charge in [0.25, 0.3) is 0 Å². The number of ether oxygens (including phenoxy) is 2. The lowest BCUT2D eigenvalue weighted by atomic mass is 10.0. The fourth-order valence-electron chi connectivity index (χ4n) is 1.35. The molecule has 0 aliphatic carbocycles. The van der Waals surface area contributed by atoms with E-state index in [0.717, 1.165) is 10.0 Å². The van der Waals surface area contributed by atoms with Gasteiger partial charge in [0.2, 0.25) is 0 Å². The van der Waals surface area contributed by atoms with Gasteiger partial charge in [0.05, 0.1) is 18.2 Å². The molecule has 0 aromatic heterocycles. The molecule has 0 heterocycles. The Balaban J connectivity index is 3.25. The van der Waals surface area contributed by atoms with Crippen LogP contribution >= 0.6 is 15.9 Å². The van der Waals surface area contributed by atoms with Crippen LogP contribution in [0, 0.1) is 0 Å². The van der Waals surface area contributed by atoms with Crippen LogP contribution in [0.1, 0.15) is 22.8 Å². The molecule has 0 bridgehead atoms. The molecule has 0 fully saturated rings. The summed E-state index contributed by atoms with van der Waals surface area (Å²) in [6.07, 6.45) is 0. The minimum absolute atomic E-state index is 0.0189. The lowest BCUT2D eigenvalue weighted by Gasteiger charge is -2.10. The van der Waals surface area contributed by atoms with Crippen LogP contribution in [0.25, 0.3) is 0 Å². The van der Waals surface area contributed by atoms with Gasteiger partial charge >= 0.3 is 0 Å². The van der Waals surface area contributed by atoms with Crippen LogP contribution in [0.15, 0.2) is 16.6 Å². The number of carbonyl (C=O) groups is 1. The second kappa shape index (κ2) is 5.28. The van der Waals surface area contributed by atoms with E-state index in [-0.39, 0.29) is 5.78 Å². The first-order valence-corrected chi connectivity index (χ1v) is 5.25. The molecule has 1 aromatic rings. The van der Waals surface area contributed by atoms with Crippen LogP contribution in [-0.4, -0.2) is 20.0 Å². The number of methoxy groups -OCH3 is 2. The second-order valence-corrected chi connectivity index (χ2v) is 3.99. The molecule has 15 heavy (non-hydrogen) atoms. The maximum Gasteiger partial charge on any atom is 0.160 e. The number of hydrogen-bond donors (Lipinski definition) is 0. The van der Waals surface area contributed by atoms with Gasteiger partial charge in [-0.1, -0.05) is 0 Å². The summed E-state index contributed by atoms with van der Waals surface area (Å²) >= 11 is 3.34. The summed E-state index contributed by atoms with van der Waals surface area (Å²) in [4.78, 5) is 11.4. The predicted octanol–water partition coefficient (Wildman–Crippen LogP) is 2.81. The number of benzene rings is 1. The van der Waals surface area contributed by atoms with Crippen molar-refractivity contribution in [1.82, 2.24) is 0 Å². The Morgan fingerprint density at radius 3 is 2.53 bits per heavy atom. The number of hydrogen-bond acceptors (Lipinski definition) is 3. The summed E-state index contributed by atoms with van der Waals surface area (Å²) in [5.74, 6) is 0.720. The van der Waals surface area contributed by atoms with Crippen molar-refractivity contribution in [3.63, 3.8) is 0 Å². The Hall–Kier alpha value is -0.870. The SMILES string of the molecule is COCc1cc(OC)c(Br)cc1C(C)=O. The van der Waals surface area contributed by atoms with E-state index in [1.807, 2.05) is 6.07 Å². The van der Waals surface area contributed by atoms with Gasteiger partial charge in [0.1, 0.15) is 5.75 Å². The summed E-state index contributed by atoms with van der Waals surface area (Å²) in [5, 5.41) is 0. The van der Waals surface area contributed by atoms with E-state index in [0.29, 0.717) is 17.9 Å². The van der Waals surface area contributed by atoms with Crippen molar-refractivity contribution in [1.29, 1.82) is 0 Å². The van der Waals surface area contributed by atoms with Gasteiger partial charge in [-0.3, -0.25) is 4.79 Å². The third-order valence-electron chi connectivity index (χ3n) is 2.06. The summed E-state index contributed by atoms with van der Waals surface area (Å²) < 4.78 is 11.0. The molecule has 1 rings (SSSR count). The molecule has 82 valence electrons. The molecule has 0 atom stereocenters. The zero-order chi connectivity index (χ0) is 11.4. The second-order valence-electron chi connectivity index (χ2n) is 3.13. The number of halogens is 1. The number of carbonyl (C=O) groups excluding carboxylic acids is 1. The fraction of sp³-hybridized carbons (Fsp3) is 0.364. The Morgan fingerprint density at radius 2 is 2.07 bits per heavy atom.